The lowest BCUT2D eigenvalue weighted by Gasteiger charge is -2.29. The molecule has 3 nitrogen and oxygen atoms in total. The molecular weight excluding hydrogens is 126 g/mol. The van der Waals surface area contributed by atoms with E-state index >= 15 is 0 Å². The Bertz CT molecular complexity index is 125. The van der Waals surface area contributed by atoms with E-state index in [0.29, 0.717) is 6.04 Å². The highest BCUT2D eigenvalue weighted by Crippen LogP contribution is 2.35. The zero-order chi connectivity index (χ0) is 7.03. The summed E-state index contributed by atoms with van der Waals surface area (Å²) in [6.45, 7) is 3.21. The summed E-state index contributed by atoms with van der Waals surface area (Å²) < 4.78 is 0. The Kier molecular flexibility index (Phi) is 1.44. The molecule has 1 atom stereocenters. The number of nitrogens with two attached hydrogens (primary N) is 1. The molecule has 0 bridgehead atoms. The van der Waals surface area contributed by atoms with Crippen molar-refractivity contribution in [3.05, 3.63) is 0 Å². The first-order valence-corrected chi connectivity index (χ1v) is 4.04. The highest BCUT2D eigenvalue weighted by atomic mass is 15.1. The van der Waals surface area contributed by atoms with Crippen molar-refractivity contribution in [2.75, 3.05) is 19.6 Å². The van der Waals surface area contributed by atoms with Crippen molar-refractivity contribution in [2.24, 2.45) is 5.73 Å². The maximum atomic E-state index is 6.02. The highest BCUT2D eigenvalue weighted by molar-refractivity contribution is 5.09. The van der Waals surface area contributed by atoms with Gasteiger partial charge in [-0.15, -0.1) is 0 Å². The van der Waals surface area contributed by atoms with E-state index in [1.54, 1.807) is 0 Å². The SMILES string of the molecule is NC1(C2CNCCN2)CC1. The first-order chi connectivity index (χ1) is 4.81. The number of piperazine rings is 1. The van der Waals surface area contributed by atoms with E-state index < -0.39 is 0 Å². The minimum Gasteiger partial charge on any atom is -0.324 e. The molecule has 0 amide bonds. The fraction of sp³-hybridized carbons (Fsp3) is 1.00. The van der Waals surface area contributed by atoms with Crippen molar-refractivity contribution in [1.82, 2.24) is 10.6 Å². The van der Waals surface area contributed by atoms with Crippen LogP contribution in [0.15, 0.2) is 0 Å². The second-order valence-electron chi connectivity index (χ2n) is 3.44. The molecule has 3 heteroatoms. The number of hydrogen-bond acceptors (Lipinski definition) is 3. The van der Waals surface area contributed by atoms with Gasteiger partial charge in [-0.25, -0.2) is 0 Å². The molecule has 0 aromatic heterocycles. The van der Waals surface area contributed by atoms with Crippen LogP contribution in [0, 0.1) is 0 Å². The normalized spacial score (nSPS) is 37.5. The van der Waals surface area contributed by atoms with Crippen LogP contribution in [0.2, 0.25) is 0 Å². The van der Waals surface area contributed by atoms with Gasteiger partial charge in [-0.1, -0.05) is 0 Å². The molecule has 1 saturated heterocycles. The van der Waals surface area contributed by atoms with Crippen LogP contribution < -0.4 is 16.4 Å². The molecule has 2 fully saturated rings. The van der Waals surface area contributed by atoms with Gasteiger partial charge < -0.3 is 16.4 Å². The summed E-state index contributed by atoms with van der Waals surface area (Å²) in [7, 11) is 0. The Hall–Kier alpha value is -0.120. The monoisotopic (exact) mass is 141 g/mol. The van der Waals surface area contributed by atoms with Gasteiger partial charge in [0.1, 0.15) is 0 Å². The highest BCUT2D eigenvalue weighted by Gasteiger charge is 2.45. The van der Waals surface area contributed by atoms with Crippen molar-refractivity contribution >= 4 is 0 Å². The minimum absolute atomic E-state index is 0.146. The summed E-state index contributed by atoms with van der Waals surface area (Å²) >= 11 is 0. The maximum Gasteiger partial charge on any atom is 0.0374 e. The minimum atomic E-state index is 0.146. The van der Waals surface area contributed by atoms with Gasteiger partial charge in [0.05, 0.1) is 0 Å². The zero-order valence-corrected chi connectivity index (χ0v) is 6.19. The van der Waals surface area contributed by atoms with Crippen LogP contribution in [-0.2, 0) is 0 Å². The van der Waals surface area contributed by atoms with E-state index in [0.717, 1.165) is 19.6 Å². The fourth-order valence-corrected chi connectivity index (χ4v) is 1.55. The average Bonchev–Trinajstić information content (AvgIpc) is 2.72. The lowest BCUT2D eigenvalue weighted by atomic mass is 10.1. The van der Waals surface area contributed by atoms with E-state index in [1.807, 2.05) is 0 Å². The molecule has 1 unspecified atom stereocenters. The summed E-state index contributed by atoms with van der Waals surface area (Å²) in [6, 6.07) is 0.529. The van der Waals surface area contributed by atoms with E-state index in [-0.39, 0.29) is 5.54 Å². The van der Waals surface area contributed by atoms with Gasteiger partial charge in [-0.2, -0.15) is 0 Å². The lowest BCUT2D eigenvalue weighted by Crippen LogP contribution is -2.58. The van der Waals surface area contributed by atoms with Crippen molar-refractivity contribution in [2.45, 2.75) is 24.4 Å². The molecule has 0 aromatic carbocycles. The third-order valence-electron chi connectivity index (χ3n) is 2.56. The molecule has 0 spiro atoms. The molecule has 58 valence electrons. The molecule has 10 heavy (non-hydrogen) atoms. The second-order valence-corrected chi connectivity index (χ2v) is 3.44. The Balaban J connectivity index is 1.91. The largest absolute Gasteiger partial charge is 0.324 e. The Morgan fingerprint density at radius 1 is 1.30 bits per heavy atom. The molecule has 1 heterocycles. The van der Waals surface area contributed by atoms with Crippen LogP contribution in [0.1, 0.15) is 12.8 Å². The van der Waals surface area contributed by atoms with Crippen molar-refractivity contribution < 1.29 is 0 Å². The van der Waals surface area contributed by atoms with Crippen LogP contribution in [0.5, 0.6) is 0 Å². The van der Waals surface area contributed by atoms with Crippen LogP contribution in [0.4, 0.5) is 0 Å². The summed E-state index contributed by atoms with van der Waals surface area (Å²) in [5.74, 6) is 0. The van der Waals surface area contributed by atoms with Gasteiger partial charge in [0, 0.05) is 31.2 Å². The molecule has 2 aliphatic rings. The maximum absolute atomic E-state index is 6.02. The predicted octanol–water partition coefficient (Wildman–Crippen LogP) is -0.961. The Labute approximate surface area is 61.4 Å². The van der Waals surface area contributed by atoms with Crippen LogP contribution in [0.3, 0.4) is 0 Å². The van der Waals surface area contributed by atoms with Crippen molar-refractivity contribution in [3.63, 3.8) is 0 Å². The van der Waals surface area contributed by atoms with Gasteiger partial charge in [-0.3, -0.25) is 0 Å². The first kappa shape index (κ1) is 6.58. The molecule has 2 rings (SSSR count). The quantitative estimate of drug-likeness (QED) is 0.441. The summed E-state index contributed by atoms with van der Waals surface area (Å²) in [5, 5.41) is 6.77. The number of rotatable bonds is 1. The Morgan fingerprint density at radius 3 is 2.60 bits per heavy atom. The van der Waals surface area contributed by atoms with E-state index in [9.17, 15) is 0 Å². The third kappa shape index (κ3) is 1.05. The molecule has 1 aliphatic carbocycles. The predicted molar refractivity (Wildman–Crippen MR) is 40.8 cm³/mol. The molecule has 1 aliphatic heterocycles. The number of nitrogens with one attached hydrogen (secondary N) is 2. The van der Waals surface area contributed by atoms with Gasteiger partial charge in [0.15, 0.2) is 0 Å². The first-order valence-electron chi connectivity index (χ1n) is 4.04. The van der Waals surface area contributed by atoms with Crippen molar-refractivity contribution in [1.29, 1.82) is 0 Å². The molecular formula is C7H15N3. The molecule has 0 radical (unpaired) electrons. The lowest BCUT2D eigenvalue weighted by molar-refractivity contribution is 0.354. The van der Waals surface area contributed by atoms with Crippen LogP contribution in [0.25, 0.3) is 0 Å². The third-order valence-corrected chi connectivity index (χ3v) is 2.56. The summed E-state index contributed by atoms with van der Waals surface area (Å²) in [6.07, 6.45) is 2.40. The average molecular weight is 141 g/mol. The molecule has 4 N–H and O–H groups in total. The van der Waals surface area contributed by atoms with Crippen molar-refractivity contribution in [3.8, 4) is 0 Å². The molecule has 0 aromatic rings. The van der Waals surface area contributed by atoms with Crippen LogP contribution in [-0.4, -0.2) is 31.2 Å². The van der Waals surface area contributed by atoms with Gasteiger partial charge >= 0.3 is 0 Å². The van der Waals surface area contributed by atoms with Gasteiger partial charge in [0.2, 0.25) is 0 Å². The van der Waals surface area contributed by atoms with Gasteiger partial charge in [0.25, 0.3) is 0 Å². The van der Waals surface area contributed by atoms with E-state index in [4.69, 9.17) is 5.73 Å². The van der Waals surface area contributed by atoms with E-state index in [2.05, 4.69) is 10.6 Å². The summed E-state index contributed by atoms with van der Waals surface area (Å²) in [4.78, 5) is 0. The smallest absolute Gasteiger partial charge is 0.0374 e. The fourth-order valence-electron chi connectivity index (χ4n) is 1.55. The Morgan fingerprint density at radius 2 is 2.10 bits per heavy atom. The summed E-state index contributed by atoms with van der Waals surface area (Å²) in [5.41, 5.74) is 6.17. The standard InChI is InChI=1S/C7H15N3/c8-7(1-2-7)6-5-9-3-4-10-6/h6,9-10H,1-5,8H2. The topological polar surface area (TPSA) is 50.1 Å². The number of hydrogen-bond donors (Lipinski definition) is 3. The van der Waals surface area contributed by atoms with Gasteiger partial charge in [-0.05, 0) is 12.8 Å². The van der Waals surface area contributed by atoms with E-state index in [1.165, 1.54) is 12.8 Å². The molecule has 1 saturated carbocycles. The second kappa shape index (κ2) is 2.19. The zero-order valence-electron chi connectivity index (χ0n) is 6.19. The van der Waals surface area contributed by atoms with Crippen LogP contribution >= 0.6 is 0 Å².